The minimum atomic E-state index is -1.11. The van der Waals surface area contributed by atoms with E-state index in [9.17, 15) is 9.59 Å². The van der Waals surface area contributed by atoms with Crippen LogP contribution in [-0.4, -0.2) is 35.2 Å². The van der Waals surface area contributed by atoms with E-state index in [1.165, 1.54) is 6.92 Å². The predicted molar refractivity (Wildman–Crippen MR) is 50.7 cm³/mol. The van der Waals surface area contributed by atoms with E-state index in [0.29, 0.717) is 13.0 Å². The molecule has 0 aliphatic rings. The molecule has 0 bridgehead atoms. The van der Waals surface area contributed by atoms with Gasteiger partial charge in [-0.05, 0) is 26.2 Å². The molecular weight excluding hydrogens is 186 g/mol. The number of amides is 1. The standard InChI is InChI=1S/C9H17NO4/c1-7(9(13)14)8(12)10-5-3-2-4-6-11/h7,11H,2-6H2,1H3,(H,10,12)(H,13,14). The molecule has 0 aliphatic carbocycles. The van der Waals surface area contributed by atoms with E-state index in [2.05, 4.69) is 5.32 Å². The Kier molecular flexibility index (Phi) is 6.74. The van der Waals surface area contributed by atoms with E-state index in [-0.39, 0.29) is 6.61 Å². The summed E-state index contributed by atoms with van der Waals surface area (Å²) < 4.78 is 0. The Morgan fingerprint density at radius 3 is 2.43 bits per heavy atom. The van der Waals surface area contributed by atoms with Gasteiger partial charge in [0.05, 0.1) is 0 Å². The van der Waals surface area contributed by atoms with Crippen molar-refractivity contribution in [2.45, 2.75) is 26.2 Å². The van der Waals surface area contributed by atoms with Gasteiger partial charge in [-0.2, -0.15) is 0 Å². The zero-order valence-corrected chi connectivity index (χ0v) is 8.32. The largest absolute Gasteiger partial charge is 0.481 e. The quantitative estimate of drug-likeness (QED) is 0.401. The molecule has 1 unspecified atom stereocenters. The van der Waals surface area contributed by atoms with Gasteiger partial charge in [-0.15, -0.1) is 0 Å². The molecule has 0 saturated carbocycles. The molecule has 5 nitrogen and oxygen atoms in total. The summed E-state index contributed by atoms with van der Waals surface area (Å²) in [7, 11) is 0. The van der Waals surface area contributed by atoms with Crippen LogP contribution in [0.25, 0.3) is 0 Å². The summed E-state index contributed by atoms with van der Waals surface area (Å²) in [6, 6.07) is 0. The zero-order valence-electron chi connectivity index (χ0n) is 8.32. The van der Waals surface area contributed by atoms with Gasteiger partial charge in [-0.3, -0.25) is 9.59 Å². The fourth-order valence-electron chi connectivity index (χ4n) is 0.890. The van der Waals surface area contributed by atoms with Gasteiger partial charge in [-0.25, -0.2) is 0 Å². The third-order valence-electron chi connectivity index (χ3n) is 1.90. The average molecular weight is 203 g/mol. The van der Waals surface area contributed by atoms with Crippen LogP contribution in [0.15, 0.2) is 0 Å². The fraction of sp³-hybridized carbons (Fsp3) is 0.778. The van der Waals surface area contributed by atoms with E-state index in [1.54, 1.807) is 0 Å². The molecule has 0 aliphatic heterocycles. The molecule has 0 fully saturated rings. The van der Waals surface area contributed by atoms with Crippen LogP contribution >= 0.6 is 0 Å². The van der Waals surface area contributed by atoms with Crippen molar-refractivity contribution in [1.82, 2.24) is 5.32 Å². The summed E-state index contributed by atoms with van der Waals surface area (Å²) in [5.41, 5.74) is 0. The van der Waals surface area contributed by atoms with Gasteiger partial charge < -0.3 is 15.5 Å². The van der Waals surface area contributed by atoms with Crippen LogP contribution in [-0.2, 0) is 9.59 Å². The average Bonchev–Trinajstić information content (AvgIpc) is 2.16. The Bertz CT molecular complexity index is 193. The molecular formula is C9H17NO4. The lowest BCUT2D eigenvalue weighted by molar-refractivity contribution is -0.146. The molecule has 1 atom stereocenters. The Balaban J connectivity index is 3.49. The van der Waals surface area contributed by atoms with Crippen LogP contribution in [0.4, 0.5) is 0 Å². The summed E-state index contributed by atoms with van der Waals surface area (Å²) in [5, 5.41) is 19.5. The maximum Gasteiger partial charge on any atom is 0.315 e. The normalized spacial score (nSPS) is 12.1. The van der Waals surface area contributed by atoms with Gasteiger partial charge in [0.1, 0.15) is 5.92 Å². The highest BCUT2D eigenvalue weighted by Crippen LogP contribution is 1.96. The number of carboxylic acid groups (broad SMARTS) is 1. The number of rotatable bonds is 7. The number of aliphatic hydroxyl groups is 1. The minimum absolute atomic E-state index is 0.152. The van der Waals surface area contributed by atoms with E-state index < -0.39 is 17.8 Å². The first-order valence-electron chi connectivity index (χ1n) is 4.71. The van der Waals surface area contributed by atoms with E-state index >= 15 is 0 Å². The predicted octanol–water partition coefficient (Wildman–Crippen LogP) is -0.0141. The summed E-state index contributed by atoms with van der Waals surface area (Å²) in [5.74, 6) is -2.56. The van der Waals surface area contributed by atoms with Crippen LogP contribution in [0.3, 0.4) is 0 Å². The highest BCUT2D eigenvalue weighted by Gasteiger charge is 2.19. The molecule has 0 aromatic rings. The molecule has 0 heterocycles. The second-order valence-electron chi connectivity index (χ2n) is 3.14. The van der Waals surface area contributed by atoms with Gasteiger partial charge in [0.25, 0.3) is 0 Å². The van der Waals surface area contributed by atoms with E-state index in [1.807, 2.05) is 0 Å². The first-order valence-corrected chi connectivity index (χ1v) is 4.71. The SMILES string of the molecule is CC(C(=O)O)C(=O)NCCCCCO. The molecule has 5 heteroatoms. The molecule has 0 rings (SSSR count). The van der Waals surface area contributed by atoms with Gasteiger partial charge in [0, 0.05) is 13.2 Å². The van der Waals surface area contributed by atoms with Crippen LogP contribution in [0.1, 0.15) is 26.2 Å². The van der Waals surface area contributed by atoms with Crippen LogP contribution in [0.2, 0.25) is 0 Å². The van der Waals surface area contributed by atoms with Crippen LogP contribution in [0, 0.1) is 5.92 Å². The highest BCUT2D eigenvalue weighted by molar-refractivity contribution is 5.96. The van der Waals surface area contributed by atoms with Crippen molar-refractivity contribution in [1.29, 1.82) is 0 Å². The molecule has 0 aromatic carbocycles. The Labute approximate surface area is 83.1 Å². The molecule has 3 N–H and O–H groups in total. The molecule has 14 heavy (non-hydrogen) atoms. The van der Waals surface area contributed by atoms with Crippen molar-refractivity contribution in [3.05, 3.63) is 0 Å². The summed E-state index contributed by atoms with van der Waals surface area (Å²) >= 11 is 0. The van der Waals surface area contributed by atoms with Crippen LogP contribution in [0.5, 0.6) is 0 Å². The lowest BCUT2D eigenvalue weighted by atomic mass is 10.1. The van der Waals surface area contributed by atoms with Crippen molar-refractivity contribution >= 4 is 11.9 Å². The lowest BCUT2D eigenvalue weighted by Gasteiger charge is -2.07. The van der Waals surface area contributed by atoms with Crippen molar-refractivity contribution < 1.29 is 19.8 Å². The first kappa shape index (κ1) is 12.9. The molecule has 0 aromatic heterocycles. The zero-order chi connectivity index (χ0) is 11.0. The number of hydrogen-bond acceptors (Lipinski definition) is 3. The number of nitrogens with one attached hydrogen (secondary N) is 1. The van der Waals surface area contributed by atoms with Crippen molar-refractivity contribution in [2.24, 2.45) is 5.92 Å². The first-order chi connectivity index (χ1) is 6.59. The topological polar surface area (TPSA) is 86.6 Å². The number of aliphatic carboxylic acids is 1. The van der Waals surface area contributed by atoms with Crippen molar-refractivity contribution in [2.75, 3.05) is 13.2 Å². The Hall–Kier alpha value is -1.10. The molecule has 0 spiro atoms. The molecule has 82 valence electrons. The number of carbonyl (C=O) groups excluding carboxylic acids is 1. The second-order valence-corrected chi connectivity index (χ2v) is 3.14. The van der Waals surface area contributed by atoms with Crippen molar-refractivity contribution in [3.8, 4) is 0 Å². The van der Waals surface area contributed by atoms with E-state index in [0.717, 1.165) is 12.8 Å². The molecule has 0 saturated heterocycles. The Morgan fingerprint density at radius 2 is 1.93 bits per heavy atom. The second kappa shape index (κ2) is 7.32. The van der Waals surface area contributed by atoms with Gasteiger partial charge >= 0.3 is 5.97 Å². The maximum atomic E-state index is 11.1. The fourth-order valence-corrected chi connectivity index (χ4v) is 0.890. The summed E-state index contributed by atoms with van der Waals surface area (Å²) in [4.78, 5) is 21.5. The number of carbonyl (C=O) groups is 2. The van der Waals surface area contributed by atoms with Crippen LogP contribution < -0.4 is 5.32 Å². The number of unbranched alkanes of at least 4 members (excludes halogenated alkanes) is 2. The maximum absolute atomic E-state index is 11.1. The number of hydrogen-bond donors (Lipinski definition) is 3. The minimum Gasteiger partial charge on any atom is -0.481 e. The smallest absolute Gasteiger partial charge is 0.315 e. The third-order valence-corrected chi connectivity index (χ3v) is 1.90. The Morgan fingerprint density at radius 1 is 1.29 bits per heavy atom. The highest BCUT2D eigenvalue weighted by atomic mass is 16.4. The van der Waals surface area contributed by atoms with Gasteiger partial charge in [0.2, 0.25) is 5.91 Å². The third kappa shape index (κ3) is 5.53. The molecule has 1 amide bonds. The lowest BCUT2D eigenvalue weighted by Crippen LogP contribution is -2.34. The van der Waals surface area contributed by atoms with Gasteiger partial charge in [-0.1, -0.05) is 0 Å². The summed E-state index contributed by atoms with van der Waals surface area (Å²) in [6.45, 7) is 1.97. The van der Waals surface area contributed by atoms with Crippen molar-refractivity contribution in [3.63, 3.8) is 0 Å². The van der Waals surface area contributed by atoms with E-state index in [4.69, 9.17) is 10.2 Å². The number of carboxylic acids is 1. The number of aliphatic hydroxyl groups excluding tert-OH is 1. The summed E-state index contributed by atoms with van der Waals surface area (Å²) in [6.07, 6.45) is 2.31. The monoisotopic (exact) mass is 203 g/mol. The molecule has 0 radical (unpaired) electrons. The van der Waals surface area contributed by atoms with Gasteiger partial charge in [0.15, 0.2) is 0 Å².